The molecule has 0 atom stereocenters. The van der Waals surface area contributed by atoms with E-state index < -0.39 is 0 Å². The lowest BCUT2D eigenvalue weighted by Gasteiger charge is -2.39. The number of ether oxygens (including phenoxy) is 1. The number of rotatable bonds is 4. The van der Waals surface area contributed by atoms with Crippen molar-refractivity contribution in [2.75, 3.05) is 44.9 Å². The number of anilines is 1. The lowest BCUT2D eigenvalue weighted by molar-refractivity contribution is 0.0739. The van der Waals surface area contributed by atoms with Gasteiger partial charge in [0, 0.05) is 38.8 Å². The van der Waals surface area contributed by atoms with Gasteiger partial charge < -0.3 is 19.9 Å². The van der Waals surface area contributed by atoms with Gasteiger partial charge in [-0.2, -0.15) is 0 Å². The van der Waals surface area contributed by atoms with Gasteiger partial charge in [0.15, 0.2) is 5.16 Å². The Hall–Kier alpha value is -3.53. The molecular weight excluding hydrogens is 490 g/mol. The van der Waals surface area contributed by atoms with Crippen molar-refractivity contribution < 1.29 is 14.3 Å². The van der Waals surface area contributed by atoms with Gasteiger partial charge in [0.05, 0.1) is 23.7 Å². The number of likely N-dealkylation sites (tertiary alicyclic amines) is 2. The van der Waals surface area contributed by atoms with Crippen molar-refractivity contribution in [3.63, 3.8) is 0 Å². The minimum atomic E-state index is -0.135. The molecule has 37 heavy (non-hydrogen) atoms. The van der Waals surface area contributed by atoms with Gasteiger partial charge in [-0.15, -0.1) is 0 Å². The molecule has 2 fully saturated rings. The van der Waals surface area contributed by atoms with Crippen LogP contribution < -0.4 is 15.6 Å². The Labute approximate surface area is 219 Å². The Morgan fingerprint density at radius 1 is 1.05 bits per heavy atom. The van der Waals surface area contributed by atoms with Crippen LogP contribution in [-0.4, -0.2) is 70.8 Å². The molecule has 2 aliphatic heterocycles. The number of nitrogens with zero attached hydrogens (tertiary/aromatic N) is 4. The van der Waals surface area contributed by atoms with Crippen molar-refractivity contribution >= 4 is 40.3 Å². The zero-order valence-electron chi connectivity index (χ0n) is 21.3. The van der Waals surface area contributed by atoms with E-state index in [-0.39, 0.29) is 22.9 Å². The number of hydrogen-bond donors (Lipinski definition) is 1. The van der Waals surface area contributed by atoms with Crippen molar-refractivity contribution in [2.45, 2.75) is 24.4 Å². The third kappa shape index (κ3) is 4.77. The van der Waals surface area contributed by atoms with Gasteiger partial charge in [-0.1, -0.05) is 23.9 Å². The van der Waals surface area contributed by atoms with Crippen molar-refractivity contribution in [3.8, 4) is 5.75 Å². The fraction of sp³-hybridized carbons (Fsp3) is 0.407. The first kappa shape index (κ1) is 25.1. The second-order valence-corrected chi connectivity index (χ2v) is 10.6. The van der Waals surface area contributed by atoms with Crippen LogP contribution in [0.15, 0.2) is 52.4 Å². The number of urea groups is 1. The molecule has 3 amide bonds. The number of amides is 3. The predicted molar refractivity (Wildman–Crippen MR) is 145 cm³/mol. The molecule has 3 heterocycles. The average Bonchev–Trinajstić information content (AvgIpc) is 3.33. The first-order chi connectivity index (χ1) is 17.8. The third-order valence-corrected chi connectivity index (χ3v) is 8.38. The molecule has 1 spiro atoms. The van der Waals surface area contributed by atoms with Gasteiger partial charge in [0.1, 0.15) is 5.75 Å². The highest BCUT2D eigenvalue weighted by Crippen LogP contribution is 2.41. The lowest BCUT2D eigenvalue weighted by atomic mass is 9.78. The largest absolute Gasteiger partial charge is 0.495 e. The summed E-state index contributed by atoms with van der Waals surface area (Å²) in [5.41, 5.74) is 1.65. The zero-order valence-corrected chi connectivity index (χ0v) is 22.1. The number of aromatic nitrogens is 2. The first-order valence-corrected chi connectivity index (χ1v) is 13.6. The molecule has 1 aromatic heterocycles. The fourth-order valence-corrected chi connectivity index (χ4v) is 5.94. The number of hydrogen-bond acceptors (Lipinski definition) is 6. The SMILES string of the molecule is COc1ccccc1NC(=O)N1CCC2(CC1)CCN(C(=O)c1ccc3c(=O)n(C)c(SC)nc3c1)C2. The zero-order chi connectivity index (χ0) is 26.2. The maximum atomic E-state index is 13.4. The summed E-state index contributed by atoms with van der Waals surface area (Å²) in [4.78, 5) is 47.2. The highest BCUT2D eigenvalue weighted by molar-refractivity contribution is 7.98. The van der Waals surface area contributed by atoms with E-state index in [0.717, 1.165) is 19.3 Å². The Bertz CT molecular complexity index is 1410. The van der Waals surface area contributed by atoms with Crippen molar-refractivity contribution in [2.24, 2.45) is 12.5 Å². The second kappa shape index (κ2) is 10.1. The molecule has 1 N–H and O–H groups in total. The molecule has 0 bridgehead atoms. The van der Waals surface area contributed by atoms with Crippen molar-refractivity contribution in [1.82, 2.24) is 19.4 Å². The smallest absolute Gasteiger partial charge is 0.321 e. The summed E-state index contributed by atoms with van der Waals surface area (Å²) in [7, 11) is 3.29. The fourth-order valence-electron chi connectivity index (χ4n) is 5.39. The molecule has 0 aliphatic carbocycles. The number of fused-ring (bicyclic) bond motifs is 1. The molecule has 0 radical (unpaired) electrons. The summed E-state index contributed by atoms with van der Waals surface area (Å²) in [6.07, 6.45) is 4.49. The molecule has 194 valence electrons. The van der Waals surface area contributed by atoms with E-state index in [1.165, 1.54) is 16.3 Å². The second-order valence-electron chi connectivity index (χ2n) is 9.79. The van der Waals surface area contributed by atoms with E-state index in [4.69, 9.17) is 4.74 Å². The van der Waals surface area contributed by atoms with E-state index in [2.05, 4.69) is 10.3 Å². The van der Waals surface area contributed by atoms with Gasteiger partial charge in [0.25, 0.3) is 11.5 Å². The van der Waals surface area contributed by atoms with Crippen LogP contribution in [0.4, 0.5) is 10.5 Å². The highest BCUT2D eigenvalue weighted by Gasteiger charge is 2.43. The van der Waals surface area contributed by atoms with Crippen molar-refractivity contribution in [1.29, 1.82) is 0 Å². The maximum absolute atomic E-state index is 13.4. The topological polar surface area (TPSA) is 96.8 Å². The van der Waals surface area contributed by atoms with Crippen LogP contribution in [0.5, 0.6) is 5.75 Å². The van der Waals surface area contributed by atoms with Crippen LogP contribution in [-0.2, 0) is 7.05 Å². The van der Waals surface area contributed by atoms with Gasteiger partial charge in [0.2, 0.25) is 0 Å². The average molecular weight is 522 g/mol. The molecule has 3 aromatic rings. The van der Waals surface area contributed by atoms with Gasteiger partial charge in [-0.05, 0) is 61.3 Å². The number of nitrogens with one attached hydrogen (secondary N) is 1. The molecule has 5 rings (SSSR count). The highest BCUT2D eigenvalue weighted by atomic mass is 32.2. The summed E-state index contributed by atoms with van der Waals surface area (Å²) < 4.78 is 6.86. The van der Waals surface area contributed by atoms with E-state index in [9.17, 15) is 14.4 Å². The van der Waals surface area contributed by atoms with E-state index in [1.807, 2.05) is 40.3 Å². The van der Waals surface area contributed by atoms with E-state index in [1.54, 1.807) is 32.4 Å². The van der Waals surface area contributed by atoms with Gasteiger partial charge in [-0.25, -0.2) is 9.78 Å². The maximum Gasteiger partial charge on any atom is 0.321 e. The molecule has 2 saturated heterocycles. The molecule has 10 heteroatoms. The summed E-state index contributed by atoms with van der Waals surface area (Å²) >= 11 is 1.40. The van der Waals surface area contributed by atoms with Crippen LogP contribution >= 0.6 is 11.8 Å². The molecule has 0 saturated carbocycles. The molecular formula is C27H31N5O4S. The molecule has 2 aliphatic rings. The van der Waals surface area contributed by atoms with Crippen molar-refractivity contribution in [3.05, 3.63) is 58.4 Å². The lowest BCUT2D eigenvalue weighted by Crippen LogP contribution is -2.46. The summed E-state index contributed by atoms with van der Waals surface area (Å²) in [5.74, 6) is 0.589. The Balaban J connectivity index is 1.23. The number of thioether (sulfide) groups is 1. The summed E-state index contributed by atoms with van der Waals surface area (Å²) in [5, 5.41) is 4.08. The number of methoxy groups -OCH3 is 1. The Morgan fingerprint density at radius 2 is 1.76 bits per heavy atom. The number of benzene rings is 2. The van der Waals surface area contributed by atoms with Crippen LogP contribution in [0.25, 0.3) is 10.9 Å². The third-order valence-electron chi connectivity index (χ3n) is 7.65. The normalized spacial score (nSPS) is 16.8. The van der Waals surface area contributed by atoms with Crippen LogP contribution in [0.3, 0.4) is 0 Å². The summed E-state index contributed by atoms with van der Waals surface area (Å²) in [6, 6.07) is 12.4. The Morgan fingerprint density at radius 3 is 2.46 bits per heavy atom. The minimum Gasteiger partial charge on any atom is -0.495 e. The number of carbonyl (C=O) groups excluding carboxylic acids is 2. The Kier molecular flexibility index (Phi) is 6.85. The van der Waals surface area contributed by atoms with Crippen LogP contribution in [0, 0.1) is 5.41 Å². The first-order valence-electron chi connectivity index (χ1n) is 12.4. The summed E-state index contributed by atoms with van der Waals surface area (Å²) in [6.45, 7) is 2.64. The number of carbonyl (C=O) groups is 2. The standard InChI is InChI=1S/C27H31N5O4S/c1-30-24(34)19-9-8-18(16-21(19)29-26(30)37-3)23(33)32-15-12-27(17-32)10-13-31(14-11-27)25(35)28-20-6-4-5-7-22(20)36-2/h4-9,16H,10-15,17H2,1-3H3,(H,28,35). The van der Waals surface area contributed by atoms with E-state index >= 15 is 0 Å². The van der Waals surface area contributed by atoms with Crippen LogP contribution in [0.2, 0.25) is 0 Å². The monoisotopic (exact) mass is 521 g/mol. The molecule has 9 nitrogen and oxygen atoms in total. The van der Waals surface area contributed by atoms with E-state index in [0.29, 0.717) is 59.2 Å². The predicted octanol–water partition coefficient (Wildman–Crippen LogP) is 3.82. The van der Waals surface area contributed by atoms with Gasteiger partial charge in [-0.3, -0.25) is 14.2 Å². The number of para-hydroxylation sites is 2. The molecule has 2 aromatic carbocycles. The van der Waals surface area contributed by atoms with Crippen LogP contribution in [0.1, 0.15) is 29.6 Å². The number of piperidine rings is 1. The van der Waals surface area contributed by atoms with Gasteiger partial charge >= 0.3 is 6.03 Å². The molecule has 0 unspecified atom stereocenters. The minimum absolute atomic E-state index is 0.0218. The quantitative estimate of drug-likeness (QED) is 0.414.